The normalized spacial score (nSPS) is 10.1. The maximum Gasteiger partial charge on any atom is 0.162 e. The molecular weight excluding hydrogens is 218 g/mol. The number of carbonyl (C=O) groups excluding carboxylic acids is 3. The molecule has 2 N–H and O–H groups in total. The first-order valence-electron chi connectivity index (χ1n) is 5.23. The zero-order valence-electron chi connectivity index (χ0n) is 10.4. The van der Waals surface area contributed by atoms with Crippen molar-refractivity contribution in [1.82, 2.24) is 0 Å². The van der Waals surface area contributed by atoms with Crippen LogP contribution in [-0.4, -0.2) is 17.3 Å². The molecular formula is C13H15NO3. The predicted molar refractivity (Wildman–Crippen MR) is 65.6 cm³/mol. The molecule has 0 unspecified atom stereocenters. The number of carbonyl (C=O) groups is 3. The van der Waals surface area contributed by atoms with Crippen molar-refractivity contribution in [2.24, 2.45) is 0 Å². The van der Waals surface area contributed by atoms with Crippen molar-refractivity contribution >= 4 is 23.0 Å². The van der Waals surface area contributed by atoms with Crippen molar-refractivity contribution in [3.8, 4) is 0 Å². The molecule has 0 aliphatic carbocycles. The Balaban J connectivity index is 3.83. The summed E-state index contributed by atoms with van der Waals surface area (Å²) in [7, 11) is 0. The fourth-order valence-electron chi connectivity index (χ4n) is 1.84. The van der Waals surface area contributed by atoms with Crippen LogP contribution in [0.15, 0.2) is 6.07 Å². The second-order valence-corrected chi connectivity index (χ2v) is 4.07. The van der Waals surface area contributed by atoms with Crippen LogP contribution in [0.2, 0.25) is 0 Å². The van der Waals surface area contributed by atoms with Gasteiger partial charge in [-0.1, -0.05) is 0 Å². The number of nitrogen functional groups attached to an aromatic ring is 1. The summed E-state index contributed by atoms with van der Waals surface area (Å²) in [5.41, 5.74) is 7.25. The van der Waals surface area contributed by atoms with Crippen molar-refractivity contribution in [3.05, 3.63) is 28.3 Å². The van der Waals surface area contributed by atoms with Crippen LogP contribution in [0.4, 0.5) is 5.69 Å². The SMILES string of the molecule is CC(=O)c1cc(C)c(N)c(C(C)=O)c1C(C)=O. The Kier molecular flexibility index (Phi) is 3.46. The molecule has 0 aromatic heterocycles. The lowest BCUT2D eigenvalue weighted by atomic mass is 9.90. The van der Waals surface area contributed by atoms with E-state index >= 15 is 0 Å². The molecule has 0 amide bonds. The van der Waals surface area contributed by atoms with Crippen LogP contribution >= 0.6 is 0 Å². The Morgan fingerprint density at radius 2 is 1.41 bits per heavy atom. The average molecular weight is 233 g/mol. The number of hydrogen-bond acceptors (Lipinski definition) is 4. The number of anilines is 1. The fourth-order valence-corrected chi connectivity index (χ4v) is 1.84. The second-order valence-electron chi connectivity index (χ2n) is 4.07. The van der Waals surface area contributed by atoms with Gasteiger partial charge in [-0.05, 0) is 39.3 Å². The Bertz CT molecular complexity index is 530. The molecule has 0 saturated carbocycles. The van der Waals surface area contributed by atoms with Gasteiger partial charge in [0, 0.05) is 16.8 Å². The van der Waals surface area contributed by atoms with E-state index in [2.05, 4.69) is 0 Å². The van der Waals surface area contributed by atoms with Gasteiger partial charge in [0.1, 0.15) is 0 Å². The van der Waals surface area contributed by atoms with E-state index in [1.54, 1.807) is 13.0 Å². The Morgan fingerprint density at radius 1 is 0.941 bits per heavy atom. The standard InChI is InChI=1S/C13H15NO3/c1-6-5-10(7(2)15)11(8(3)16)12(9(4)17)13(6)14/h5H,14H2,1-4H3. The summed E-state index contributed by atoms with van der Waals surface area (Å²) in [6, 6.07) is 1.56. The first kappa shape index (κ1) is 13.1. The molecule has 0 atom stereocenters. The van der Waals surface area contributed by atoms with Gasteiger partial charge in [-0.3, -0.25) is 14.4 Å². The molecule has 90 valence electrons. The number of hydrogen-bond donors (Lipinski definition) is 1. The largest absolute Gasteiger partial charge is 0.398 e. The van der Waals surface area contributed by atoms with Gasteiger partial charge in [0.05, 0.1) is 5.56 Å². The summed E-state index contributed by atoms with van der Waals surface area (Å²) in [5, 5.41) is 0. The zero-order valence-corrected chi connectivity index (χ0v) is 10.4. The van der Waals surface area contributed by atoms with E-state index < -0.39 is 0 Å². The lowest BCUT2D eigenvalue weighted by molar-refractivity contribution is 0.0968. The first-order valence-corrected chi connectivity index (χ1v) is 5.23. The molecule has 0 aliphatic rings. The summed E-state index contributed by atoms with van der Waals surface area (Å²) in [5.74, 6) is -0.883. The number of aryl methyl sites for hydroxylation is 1. The second kappa shape index (κ2) is 4.49. The molecule has 0 bridgehead atoms. The summed E-state index contributed by atoms with van der Waals surface area (Å²) in [4.78, 5) is 34.7. The Hall–Kier alpha value is -1.97. The van der Waals surface area contributed by atoms with Crippen molar-refractivity contribution in [1.29, 1.82) is 0 Å². The van der Waals surface area contributed by atoms with Gasteiger partial charge in [-0.2, -0.15) is 0 Å². The molecule has 0 spiro atoms. The third-order valence-corrected chi connectivity index (χ3v) is 2.66. The minimum Gasteiger partial charge on any atom is -0.398 e. The lowest BCUT2D eigenvalue weighted by Gasteiger charge is -2.14. The third kappa shape index (κ3) is 2.25. The fraction of sp³-hybridized carbons (Fsp3) is 0.308. The zero-order chi connectivity index (χ0) is 13.3. The molecule has 1 aromatic rings. The highest BCUT2D eigenvalue weighted by Crippen LogP contribution is 2.26. The number of rotatable bonds is 3. The quantitative estimate of drug-likeness (QED) is 0.641. The molecule has 4 nitrogen and oxygen atoms in total. The van der Waals surface area contributed by atoms with Crippen LogP contribution < -0.4 is 5.73 Å². The van der Waals surface area contributed by atoms with Gasteiger partial charge in [-0.25, -0.2) is 0 Å². The number of benzene rings is 1. The topological polar surface area (TPSA) is 77.2 Å². The average Bonchev–Trinajstić information content (AvgIpc) is 2.19. The highest BCUT2D eigenvalue weighted by Gasteiger charge is 2.22. The van der Waals surface area contributed by atoms with E-state index in [1.807, 2.05) is 0 Å². The van der Waals surface area contributed by atoms with E-state index in [9.17, 15) is 14.4 Å². The summed E-state index contributed by atoms with van der Waals surface area (Å²) in [6.07, 6.45) is 0. The van der Waals surface area contributed by atoms with E-state index in [0.29, 0.717) is 5.56 Å². The van der Waals surface area contributed by atoms with Gasteiger partial charge in [-0.15, -0.1) is 0 Å². The first-order chi connectivity index (χ1) is 7.77. The predicted octanol–water partition coefficient (Wildman–Crippen LogP) is 2.19. The molecule has 0 radical (unpaired) electrons. The number of Topliss-reactive ketones (excluding diaryl/α,β-unsaturated/α-hetero) is 3. The third-order valence-electron chi connectivity index (χ3n) is 2.66. The smallest absolute Gasteiger partial charge is 0.162 e. The minimum atomic E-state index is -0.327. The van der Waals surface area contributed by atoms with Gasteiger partial charge in [0.25, 0.3) is 0 Å². The van der Waals surface area contributed by atoms with Crippen LogP contribution in [0.3, 0.4) is 0 Å². The maximum absolute atomic E-state index is 11.6. The highest BCUT2D eigenvalue weighted by atomic mass is 16.1. The van der Waals surface area contributed by atoms with Crippen molar-refractivity contribution < 1.29 is 14.4 Å². The van der Waals surface area contributed by atoms with Crippen molar-refractivity contribution in [2.75, 3.05) is 5.73 Å². The van der Waals surface area contributed by atoms with E-state index in [1.165, 1.54) is 20.8 Å². The molecule has 0 heterocycles. The van der Waals surface area contributed by atoms with Gasteiger partial charge in [0.15, 0.2) is 17.3 Å². The Morgan fingerprint density at radius 3 is 1.76 bits per heavy atom. The monoisotopic (exact) mass is 233 g/mol. The van der Waals surface area contributed by atoms with Crippen LogP contribution in [0.25, 0.3) is 0 Å². The molecule has 1 rings (SSSR count). The van der Waals surface area contributed by atoms with Crippen LogP contribution in [0.5, 0.6) is 0 Å². The summed E-state index contributed by atoms with van der Waals surface area (Å²) < 4.78 is 0. The molecule has 0 saturated heterocycles. The minimum absolute atomic E-state index is 0.133. The van der Waals surface area contributed by atoms with Crippen LogP contribution in [0, 0.1) is 6.92 Å². The Labute approximate surface area is 99.8 Å². The summed E-state index contributed by atoms with van der Waals surface area (Å²) in [6.45, 7) is 5.73. The van der Waals surface area contributed by atoms with Crippen molar-refractivity contribution in [2.45, 2.75) is 27.7 Å². The van der Waals surface area contributed by atoms with Gasteiger partial charge < -0.3 is 5.73 Å². The highest BCUT2D eigenvalue weighted by molar-refractivity contribution is 6.16. The number of nitrogens with two attached hydrogens (primary N) is 1. The van der Waals surface area contributed by atoms with Crippen molar-refractivity contribution in [3.63, 3.8) is 0 Å². The molecule has 0 fully saturated rings. The van der Waals surface area contributed by atoms with E-state index in [-0.39, 0.29) is 39.7 Å². The molecule has 4 heteroatoms. The molecule has 0 aliphatic heterocycles. The lowest BCUT2D eigenvalue weighted by Crippen LogP contribution is -2.15. The number of ketones is 3. The van der Waals surface area contributed by atoms with Gasteiger partial charge in [0.2, 0.25) is 0 Å². The molecule has 1 aromatic carbocycles. The molecule has 17 heavy (non-hydrogen) atoms. The van der Waals surface area contributed by atoms with Gasteiger partial charge >= 0.3 is 0 Å². The van der Waals surface area contributed by atoms with E-state index in [0.717, 1.165) is 0 Å². The maximum atomic E-state index is 11.6. The van der Waals surface area contributed by atoms with Crippen LogP contribution in [0.1, 0.15) is 57.4 Å². The summed E-state index contributed by atoms with van der Waals surface area (Å²) >= 11 is 0. The van der Waals surface area contributed by atoms with E-state index in [4.69, 9.17) is 5.73 Å². The van der Waals surface area contributed by atoms with Crippen LogP contribution in [-0.2, 0) is 0 Å².